The number of nitrogens with zero attached hydrogens (tertiary/aromatic N) is 2. The van der Waals surface area contributed by atoms with Crippen LogP contribution in [0.4, 0.5) is 0 Å². The van der Waals surface area contributed by atoms with Crippen molar-refractivity contribution in [3.05, 3.63) is 29.8 Å². The number of rotatable bonds is 5. The first-order valence-electron chi connectivity index (χ1n) is 7.32. The molecule has 0 bridgehead atoms. The zero-order valence-electron chi connectivity index (χ0n) is 12.5. The number of likely N-dealkylation sites (N-methyl/N-ethyl adjacent to an activating group) is 1. The fourth-order valence-electron chi connectivity index (χ4n) is 2.47. The lowest BCUT2D eigenvalue weighted by Crippen LogP contribution is -2.44. The predicted octanol–water partition coefficient (Wildman–Crippen LogP) is 1.79. The number of carbonyl (C=O) groups excluding carboxylic acids is 1. The fraction of sp³-hybridized carbons (Fsp3) is 0.562. The molecule has 0 atom stereocenters. The van der Waals surface area contributed by atoms with Crippen molar-refractivity contribution in [1.29, 1.82) is 0 Å². The van der Waals surface area contributed by atoms with Crippen LogP contribution in [0.5, 0.6) is 5.75 Å². The molecule has 1 aromatic carbocycles. The molecule has 0 aromatic heterocycles. The molecule has 0 amide bonds. The van der Waals surface area contributed by atoms with Gasteiger partial charge in [0.2, 0.25) is 0 Å². The highest BCUT2D eigenvalue weighted by molar-refractivity contribution is 5.69. The summed E-state index contributed by atoms with van der Waals surface area (Å²) in [7, 11) is 2.18. The van der Waals surface area contributed by atoms with Crippen LogP contribution in [0.1, 0.15) is 18.9 Å². The number of hydrogen-bond donors (Lipinski definition) is 0. The van der Waals surface area contributed by atoms with Gasteiger partial charge in [-0.05, 0) is 44.1 Å². The molecule has 0 spiro atoms. The van der Waals surface area contributed by atoms with Gasteiger partial charge in [0.15, 0.2) is 0 Å². The van der Waals surface area contributed by atoms with E-state index >= 15 is 0 Å². The highest BCUT2D eigenvalue weighted by atomic mass is 16.5. The van der Waals surface area contributed by atoms with Crippen LogP contribution in [0.3, 0.4) is 0 Å². The maximum atomic E-state index is 10.8. The van der Waals surface area contributed by atoms with E-state index in [1.165, 1.54) is 51.6 Å². The molecule has 1 heterocycles. The highest BCUT2D eigenvalue weighted by Crippen LogP contribution is 2.14. The predicted molar refractivity (Wildman–Crippen MR) is 80.0 cm³/mol. The summed E-state index contributed by atoms with van der Waals surface area (Å²) in [6.45, 7) is 7.31. The Bertz CT molecular complexity index is 423. The number of hydrogen-bond acceptors (Lipinski definition) is 4. The second-order valence-corrected chi connectivity index (χ2v) is 5.49. The molecular formula is C16H24N2O2. The number of piperazine rings is 1. The van der Waals surface area contributed by atoms with Crippen LogP contribution in [0.2, 0.25) is 0 Å². The number of aryl methyl sites for hydroxylation is 1. The lowest BCUT2D eigenvalue weighted by Gasteiger charge is -2.32. The minimum absolute atomic E-state index is 0.271. The highest BCUT2D eigenvalue weighted by Gasteiger charge is 2.12. The molecule has 0 aliphatic carbocycles. The molecule has 110 valence electrons. The van der Waals surface area contributed by atoms with Crippen LogP contribution in [-0.2, 0) is 11.2 Å². The first-order valence-corrected chi connectivity index (χ1v) is 7.32. The summed E-state index contributed by atoms with van der Waals surface area (Å²) in [5.41, 5.74) is 1.30. The molecule has 1 fully saturated rings. The Hall–Kier alpha value is -1.39. The summed E-state index contributed by atoms with van der Waals surface area (Å²) >= 11 is 0. The molecule has 0 radical (unpaired) electrons. The molecule has 1 saturated heterocycles. The third-order valence-corrected chi connectivity index (χ3v) is 3.72. The van der Waals surface area contributed by atoms with Crippen molar-refractivity contribution in [3.63, 3.8) is 0 Å². The van der Waals surface area contributed by atoms with E-state index < -0.39 is 0 Å². The number of ether oxygens (including phenoxy) is 1. The van der Waals surface area contributed by atoms with E-state index in [1.54, 1.807) is 0 Å². The molecule has 4 heteroatoms. The Kier molecular flexibility index (Phi) is 5.56. The van der Waals surface area contributed by atoms with E-state index in [2.05, 4.69) is 16.8 Å². The Morgan fingerprint density at radius 3 is 2.40 bits per heavy atom. The smallest absolute Gasteiger partial charge is 0.308 e. The molecule has 0 N–H and O–H groups in total. The van der Waals surface area contributed by atoms with E-state index in [-0.39, 0.29) is 5.97 Å². The van der Waals surface area contributed by atoms with E-state index in [4.69, 9.17) is 4.74 Å². The van der Waals surface area contributed by atoms with Gasteiger partial charge in [-0.15, -0.1) is 0 Å². The SMILES string of the molecule is CC(=O)Oc1ccc(CCCN2CCN(C)CC2)cc1. The number of esters is 1. The molecule has 20 heavy (non-hydrogen) atoms. The molecular weight excluding hydrogens is 252 g/mol. The summed E-state index contributed by atoms with van der Waals surface area (Å²) < 4.78 is 5.03. The third-order valence-electron chi connectivity index (χ3n) is 3.72. The first kappa shape index (κ1) is 15.0. The minimum atomic E-state index is -0.271. The second kappa shape index (κ2) is 7.41. The van der Waals surface area contributed by atoms with E-state index in [0.717, 1.165) is 6.42 Å². The van der Waals surface area contributed by atoms with Gasteiger partial charge in [-0.3, -0.25) is 4.79 Å². The zero-order chi connectivity index (χ0) is 14.4. The molecule has 4 nitrogen and oxygen atoms in total. The topological polar surface area (TPSA) is 32.8 Å². The fourth-order valence-corrected chi connectivity index (χ4v) is 2.47. The van der Waals surface area contributed by atoms with Crippen molar-refractivity contribution in [3.8, 4) is 5.75 Å². The summed E-state index contributed by atoms with van der Waals surface area (Å²) in [5, 5.41) is 0. The maximum Gasteiger partial charge on any atom is 0.308 e. The lowest BCUT2D eigenvalue weighted by atomic mass is 10.1. The largest absolute Gasteiger partial charge is 0.427 e. The van der Waals surface area contributed by atoms with Gasteiger partial charge in [-0.25, -0.2) is 0 Å². The second-order valence-electron chi connectivity index (χ2n) is 5.49. The van der Waals surface area contributed by atoms with Gasteiger partial charge in [0.05, 0.1) is 0 Å². The van der Waals surface area contributed by atoms with Crippen molar-refractivity contribution < 1.29 is 9.53 Å². The Morgan fingerprint density at radius 2 is 1.80 bits per heavy atom. The molecule has 0 unspecified atom stereocenters. The average molecular weight is 276 g/mol. The summed E-state index contributed by atoms with van der Waals surface area (Å²) in [6, 6.07) is 7.82. The normalized spacial score (nSPS) is 17.1. The summed E-state index contributed by atoms with van der Waals surface area (Å²) in [5.74, 6) is 0.355. The molecule has 2 rings (SSSR count). The molecule has 0 saturated carbocycles. The van der Waals surface area contributed by atoms with Crippen molar-refractivity contribution in [2.75, 3.05) is 39.8 Å². The van der Waals surface area contributed by atoms with Gasteiger partial charge in [-0.2, -0.15) is 0 Å². The lowest BCUT2D eigenvalue weighted by molar-refractivity contribution is -0.131. The number of benzene rings is 1. The minimum Gasteiger partial charge on any atom is -0.427 e. The van der Waals surface area contributed by atoms with E-state index in [0.29, 0.717) is 5.75 Å². The van der Waals surface area contributed by atoms with Crippen molar-refractivity contribution in [1.82, 2.24) is 9.80 Å². The van der Waals surface area contributed by atoms with Crippen LogP contribution in [0.25, 0.3) is 0 Å². The first-order chi connectivity index (χ1) is 9.63. The van der Waals surface area contributed by atoms with E-state index in [1.807, 2.05) is 24.3 Å². The van der Waals surface area contributed by atoms with Crippen molar-refractivity contribution in [2.24, 2.45) is 0 Å². The average Bonchev–Trinajstić information content (AvgIpc) is 2.42. The van der Waals surface area contributed by atoms with Crippen molar-refractivity contribution >= 4 is 5.97 Å². The van der Waals surface area contributed by atoms with Crippen LogP contribution in [0, 0.1) is 0 Å². The monoisotopic (exact) mass is 276 g/mol. The van der Waals surface area contributed by atoms with Gasteiger partial charge in [0, 0.05) is 33.1 Å². The molecule has 1 aliphatic heterocycles. The standard InChI is InChI=1S/C16H24N2O2/c1-14(19)20-16-7-5-15(6-8-16)4-3-9-18-12-10-17(2)11-13-18/h5-8H,3-4,9-13H2,1-2H3. The van der Waals surface area contributed by atoms with Gasteiger partial charge >= 0.3 is 5.97 Å². The van der Waals surface area contributed by atoms with E-state index in [9.17, 15) is 4.79 Å². The Morgan fingerprint density at radius 1 is 1.15 bits per heavy atom. The maximum absolute atomic E-state index is 10.8. The van der Waals surface area contributed by atoms with Crippen molar-refractivity contribution in [2.45, 2.75) is 19.8 Å². The summed E-state index contributed by atoms with van der Waals surface area (Å²) in [6.07, 6.45) is 2.25. The van der Waals surface area contributed by atoms with Gasteiger partial charge in [0.25, 0.3) is 0 Å². The summed E-state index contributed by atoms with van der Waals surface area (Å²) in [4.78, 5) is 15.8. The van der Waals surface area contributed by atoms with Gasteiger partial charge < -0.3 is 14.5 Å². The molecule has 1 aromatic rings. The zero-order valence-corrected chi connectivity index (χ0v) is 12.5. The number of carbonyl (C=O) groups is 1. The third kappa shape index (κ3) is 4.94. The van der Waals surface area contributed by atoms with Crippen LogP contribution in [-0.4, -0.2) is 55.5 Å². The van der Waals surface area contributed by atoms with Crippen LogP contribution in [0.15, 0.2) is 24.3 Å². The van der Waals surface area contributed by atoms with Crippen LogP contribution < -0.4 is 4.74 Å². The van der Waals surface area contributed by atoms with Crippen LogP contribution >= 0.6 is 0 Å². The quantitative estimate of drug-likeness (QED) is 0.606. The Balaban J connectivity index is 1.70. The van der Waals surface area contributed by atoms with Gasteiger partial charge in [-0.1, -0.05) is 12.1 Å². The van der Waals surface area contributed by atoms with Gasteiger partial charge in [0.1, 0.15) is 5.75 Å². The Labute approximate surface area is 121 Å². The molecule has 1 aliphatic rings.